The average Bonchev–Trinajstić information content (AvgIpc) is 3.06. The lowest BCUT2D eigenvalue weighted by molar-refractivity contribution is -0.125. The lowest BCUT2D eigenvalue weighted by atomic mass is 9.94. The second-order valence-corrected chi connectivity index (χ2v) is 9.40. The minimum Gasteiger partial charge on any atom is -0.356 e. The van der Waals surface area contributed by atoms with E-state index >= 15 is 0 Å². The summed E-state index contributed by atoms with van der Waals surface area (Å²) in [6.07, 6.45) is 10.4. The van der Waals surface area contributed by atoms with Gasteiger partial charge in [-0.05, 0) is 58.5 Å². The maximum atomic E-state index is 12.8. The van der Waals surface area contributed by atoms with Crippen LogP contribution in [-0.4, -0.2) is 47.0 Å². The predicted molar refractivity (Wildman–Crippen MR) is 128 cm³/mol. The van der Waals surface area contributed by atoms with Gasteiger partial charge < -0.3 is 15.2 Å². The Morgan fingerprint density at radius 3 is 2.62 bits per heavy atom. The SMILES string of the molecule is CN(CCCNC(=O)C1CCc2nc(-c3ccccc3)[nH]c(=O)c2CC1)C1CCCCC1. The van der Waals surface area contributed by atoms with Crippen LogP contribution in [0.25, 0.3) is 11.4 Å². The highest BCUT2D eigenvalue weighted by atomic mass is 16.2. The van der Waals surface area contributed by atoms with E-state index in [9.17, 15) is 9.59 Å². The third kappa shape index (κ3) is 5.66. The minimum absolute atomic E-state index is 0.0557. The Labute approximate surface area is 190 Å². The number of fused-ring (bicyclic) bond motifs is 1. The molecule has 1 saturated carbocycles. The van der Waals surface area contributed by atoms with Gasteiger partial charge in [-0.25, -0.2) is 4.98 Å². The fraction of sp³-hybridized carbons (Fsp3) is 0.577. The third-order valence-electron chi connectivity index (χ3n) is 7.18. The lowest BCUT2D eigenvalue weighted by Gasteiger charge is -2.31. The first-order valence-electron chi connectivity index (χ1n) is 12.3. The van der Waals surface area contributed by atoms with Gasteiger partial charge in [0.05, 0.1) is 5.69 Å². The molecule has 2 aliphatic carbocycles. The molecular weight excluding hydrogens is 400 g/mol. The Bertz CT molecular complexity index is 950. The highest BCUT2D eigenvalue weighted by Gasteiger charge is 2.25. The Hall–Kier alpha value is -2.47. The Morgan fingerprint density at radius 2 is 1.84 bits per heavy atom. The number of carbonyl (C=O) groups is 1. The van der Waals surface area contributed by atoms with Crippen LogP contribution in [0.3, 0.4) is 0 Å². The first-order chi connectivity index (χ1) is 15.6. The Balaban J connectivity index is 1.28. The maximum absolute atomic E-state index is 12.8. The molecule has 0 bridgehead atoms. The van der Waals surface area contributed by atoms with Crippen LogP contribution in [0.2, 0.25) is 0 Å². The molecule has 1 amide bonds. The molecule has 0 spiro atoms. The minimum atomic E-state index is -0.0688. The highest BCUT2D eigenvalue weighted by molar-refractivity contribution is 5.78. The number of nitrogens with zero attached hydrogens (tertiary/aromatic N) is 2. The lowest BCUT2D eigenvalue weighted by Crippen LogP contribution is -2.37. The molecule has 1 unspecified atom stereocenters. The maximum Gasteiger partial charge on any atom is 0.254 e. The van der Waals surface area contributed by atoms with Crippen LogP contribution in [0.5, 0.6) is 0 Å². The molecule has 32 heavy (non-hydrogen) atoms. The van der Waals surface area contributed by atoms with Crippen molar-refractivity contribution in [3.63, 3.8) is 0 Å². The number of aromatic nitrogens is 2. The number of aryl methyl sites for hydroxylation is 1. The van der Waals surface area contributed by atoms with E-state index in [0.717, 1.165) is 42.8 Å². The number of aromatic amines is 1. The van der Waals surface area contributed by atoms with Gasteiger partial charge in [0, 0.05) is 29.6 Å². The van der Waals surface area contributed by atoms with E-state index in [2.05, 4.69) is 22.2 Å². The molecule has 1 atom stereocenters. The number of hydrogen-bond donors (Lipinski definition) is 2. The van der Waals surface area contributed by atoms with E-state index < -0.39 is 0 Å². The van der Waals surface area contributed by atoms with Gasteiger partial charge >= 0.3 is 0 Å². The van der Waals surface area contributed by atoms with E-state index in [1.807, 2.05) is 30.3 Å². The van der Waals surface area contributed by atoms with E-state index in [4.69, 9.17) is 4.98 Å². The molecule has 6 heteroatoms. The van der Waals surface area contributed by atoms with Crippen molar-refractivity contribution in [1.82, 2.24) is 20.2 Å². The zero-order valence-electron chi connectivity index (χ0n) is 19.2. The summed E-state index contributed by atoms with van der Waals surface area (Å²) < 4.78 is 0. The molecule has 4 rings (SSSR count). The summed E-state index contributed by atoms with van der Waals surface area (Å²) in [4.78, 5) is 35.6. The van der Waals surface area contributed by atoms with Crippen molar-refractivity contribution in [2.24, 2.45) is 5.92 Å². The smallest absolute Gasteiger partial charge is 0.254 e. The molecule has 1 heterocycles. The van der Waals surface area contributed by atoms with Crippen molar-refractivity contribution in [3.8, 4) is 11.4 Å². The van der Waals surface area contributed by atoms with Crippen LogP contribution in [0.15, 0.2) is 35.1 Å². The van der Waals surface area contributed by atoms with Crippen LogP contribution in [0, 0.1) is 5.92 Å². The highest BCUT2D eigenvalue weighted by Crippen LogP contribution is 2.24. The van der Waals surface area contributed by atoms with E-state index in [0.29, 0.717) is 31.1 Å². The zero-order valence-corrected chi connectivity index (χ0v) is 19.2. The van der Waals surface area contributed by atoms with Crippen LogP contribution >= 0.6 is 0 Å². The number of hydrogen-bond acceptors (Lipinski definition) is 4. The van der Waals surface area contributed by atoms with Gasteiger partial charge in [-0.15, -0.1) is 0 Å². The standard InChI is InChI=1S/C26H36N4O2/c1-30(21-11-6-3-7-12-21)18-8-17-27-25(31)20-13-15-22-23(16-14-20)28-24(29-26(22)32)19-9-4-2-5-10-19/h2,4-5,9-10,20-21H,3,6-8,11-18H2,1H3,(H,27,31)(H,28,29,32). The fourth-order valence-electron chi connectivity index (χ4n) is 5.17. The number of benzene rings is 1. The molecule has 1 fully saturated rings. The van der Waals surface area contributed by atoms with Crippen molar-refractivity contribution in [3.05, 3.63) is 51.9 Å². The quantitative estimate of drug-likeness (QED) is 0.512. The van der Waals surface area contributed by atoms with Crippen molar-refractivity contribution in [2.75, 3.05) is 20.1 Å². The van der Waals surface area contributed by atoms with Gasteiger partial charge in [-0.1, -0.05) is 49.6 Å². The average molecular weight is 437 g/mol. The predicted octanol–water partition coefficient (Wildman–Crippen LogP) is 3.70. The number of nitrogens with one attached hydrogen (secondary N) is 2. The molecule has 2 aliphatic rings. The summed E-state index contributed by atoms with van der Waals surface area (Å²) >= 11 is 0. The largest absolute Gasteiger partial charge is 0.356 e. The topological polar surface area (TPSA) is 78.1 Å². The van der Waals surface area contributed by atoms with Crippen LogP contribution < -0.4 is 10.9 Å². The molecule has 6 nitrogen and oxygen atoms in total. The normalized spacial score (nSPS) is 19.4. The van der Waals surface area contributed by atoms with Crippen molar-refractivity contribution in [1.29, 1.82) is 0 Å². The second kappa shape index (κ2) is 10.9. The summed E-state index contributed by atoms with van der Waals surface area (Å²) in [7, 11) is 2.22. The first-order valence-corrected chi connectivity index (χ1v) is 12.3. The van der Waals surface area contributed by atoms with Gasteiger partial charge in [0.1, 0.15) is 5.82 Å². The summed E-state index contributed by atoms with van der Waals surface area (Å²) in [5, 5.41) is 3.15. The summed E-state index contributed by atoms with van der Waals surface area (Å²) in [6.45, 7) is 1.75. The molecule has 1 aromatic heterocycles. The van der Waals surface area contributed by atoms with E-state index in [1.54, 1.807) is 0 Å². The van der Waals surface area contributed by atoms with Gasteiger partial charge in [-0.3, -0.25) is 9.59 Å². The third-order valence-corrected chi connectivity index (χ3v) is 7.18. The Morgan fingerprint density at radius 1 is 1.09 bits per heavy atom. The van der Waals surface area contributed by atoms with Crippen LogP contribution in [-0.2, 0) is 17.6 Å². The van der Waals surface area contributed by atoms with Crippen LogP contribution in [0.1, 0.15) is 62.6 Å². The van der Waals surface area contributed by atoms with Crippen molar-refractivity contribution in [2.45, 2.75) is 70.3 Å². The van der Waals surface area contributed by atoms with E-state index in [1.165, 1.54) is 32.1 Å². The summed E-state index contributed by atoms with van der Waals surface area (Å²) in [6, 6.07) is 10.4. The number of rotatable bonds is 7. The second-order valence-electron chi connectivity index (χ2n) is 9.40. The Kier molecular flexibility index (Phi) is 7.74. The molecule has 0 radical (unpaired) electrons. The molecule has 2 aromatic rings. The summed E-state index contributed by atoms with van der Waals surface area (Å²) in [5.74, 6) is 0.678. The molecule has 0 saturated heterocycles. The molecule has 1 aromatic carbocycles. The monoisotopic (exact) mass is 436 g/mol. The van der Waals surface area contributed by atoms with Gasteiger partial charge in [0.2, 0.25) is 5.91 Å². The van der Waals surface area contributed by atoms with Gasteiger partial charge in [0.15, 0.2) is 0 Å². The number of amides is 1. The van der Waals surface area contributed by atoms with Crippen molar-refractivity contribution < 1.29 is 4.79 Å². The number of H-pyrrole nitrogens is 1. The van der Waals surface area contributed by atoms with Gasteiger partial charge in [0.25, 0.3) is 5.56 Å². The number of carbonyl (C=O) groups excluding carboxylic acids is 1. The molecule has 0 aliphatic heterocycles. The summed E-state index contributed by atoms with van der Waals surface area (Å²) in [5.41, 5.74) is 2.43. The van der Waals surface area contributed by atoms with Crippen LogP contribution in [0.4, 0.5) is 0 Å². The molecular formula is C26H36N4O2. The van der Waals surface area contributed by atoms with E-state index in [-0.39, 0.29) is 17.4 Å². The zero-order chi connectivity index (χ0) is 22.3. The molecule has 2 N–H and O–H groups in total. The first kappa shape index (κ1) is 22.7. The van der Waals surface area contributed by atoms with Gasteiger partial charge in [-0.2, -0.15) is 0 Å². The molecule has 172 valence electrons. The fourth-order valence-corrected chi connectivity index (χ4v) is 5.17. The van der Waals surface area contributed by atoms with Crippen molar-refractivity contribution >= 4 is 5.91 Å².